The van der Waals surface area contributed by atoms with Crippen molar-refractivity contribution in [1.29, 1.82) is 5.41 Å². The normalized spacial score (nSPS) is 13.9. The van der Waals surface area contributed by atoms with Crippen LogP contribution in [0, 0.1) is 5.41 Å². The van der Waals surface area contributed by atoms with Crippen LogP contribution in [0.2, 0.25) is 0 Å². The number of fused-ring (bicyclic) bond motifs is 5. The summed E-state index contributed by atoms with van der Waals surface area (Å²) in [7, 11) is 1.73. The van der Waals surface area contributed by atoms with E-state index in [-0.39, 0.29) is 5.92 Å². The summed E-state index contributed by atoms with van der Waals surface area (Å²) >= 11 is 0. The Hall–Kier alpha value is -3.59. The van der Waals surface area contributed by atoms with Gasteiger partial charge in [0.1, 0.15) is 11.5 Å². The van der Waals surface area contributed by atoms with Crippen LogP contribution in [-0.4, -0.2) is 19.4 Å². The number of ether oxygens (including phenoxy) is 2. The summed E-state index contributed by atoms with van der Waals surface area (Å²) in [5.74, 6) is 1.88. The first-order valence-electron chi connectivity index (χ1n) is 12.7. The van der Waals surface area contributed by atoms with Crippen LogP contribution < -0.4 is 9.47 Å². The summed E-state index contributed by atoms with van der Waals surface area (Å²) in [5, 5.41) is 10.7. The minimum absolute atomic E-state index is 0.141. The number of hydrogen-bond donors (Lipinski definition) is 1. The molecule has 0 saturated carbocycles. The second-order valence-electron chi connectivity index (χ2n) is 9.36. The molecule has 0 spiro atoms. The lowest BCUT2D eigenvalue weighted by molar-refractivity contribution is 0.328. The molecule has 1 aliphatic rings. The molecule has 4 aromatic carbocycles. The molecule has 1 aliphatic carbocycles. The van der Waals surface area contributed by atoms with E-state index in [2.05, 4.69) is 85.8 Å². The summed E-state index contributed by atoms with van der Waals surface area (Å²) in [5.41, 5.74) is 7.25. The third-order valence-corrected chi connectivity index (χ3v) is 7.09. The van der Waals surface area contributed by atoms with Crippen molar-refractivity contribution in [3.05, 3.63) is 95.6 Å². The van der Waals surface area contributed by atoms with E-state index >= 15 is 0 Å². The van der Waals surface area contributed by atoms with Crippen LogP contribution in [0.1, 0.15) is 61.6 Å². The fraction of sp³-hybridized carbons (Fsp3) is 0.281. The number of rotatable bonds is 10. The highest BCUT2D eigenvalue weighted by Gasteiger charge is 2.32. The second-order valence-corrected chi connectivity index (χ2v) is 9.36. The van der Waals surface area contributed by atoms with Crippen molar-refractivity contribution in [3.8, 4) is 22.6 Å². The Morgan fingerprint density at radius 1 is 0.829 bits per heavy atom. The smallest absolute Gasteiger partial charge is 0.119 e. The number of benzene rings is 4. The van der Waals surface area contributed by atoms with Gasteiger partial charge in [0.2, 0.25) is 0 Å². The van der Waals surface area contributed by atoms with Gasteiger partial charge in [-0.3, -0.25) is 0 Å². The third-order valence-electron chi connectivity index (χ3n) is 7.09. The Bertz CT molecular complexity index is 1340. The van der Waals surface area contributed by atoms with Gasteiger partial charge in [0.05, 0.1) is 13.7 Å². The molecule has 1 atom stereocenters. The zero-order chi connectivity index (χ0) is 24.2. The molecule has 5 rings (SSSR count). The minimum atomic E-state index is 0.141. The summed E-state index contributed by atoms with van der Waals surface area (Å²) in [6.45, 7) is 2.75. The molecule has 0 bridgehead atoms. The van der Waals surface area contributed by atoms with E-state index in [1.807, 2.05) is 0 Å². The van der Waals surface area contributed by atoms with Crippen molar-refractivity contribution in [3.63, 3.8) is 0 Å². The first-order chi connectivity index (χ1) is 17.2. The zero-order valence-corrected chi connectivity index (χ0v) is 20.6. The molecule has 0 radical (unpaired) electrons. The fourth-order valence-corrected chi connectivity index (χ4v) is 5.26. The quantitative estimate of drug-likeness (QED) is 0.167. The molecule has 0 fully saturated rings. The SMILES string of the molecule is CCCCCC(=N)CCOc1ccc(C2c3cc(OC)ccc3-c3ccc4ccccc4c32)cc1. The summed E-state index contributed by atoms with van der Waals surface area (Å²) in [6, 6.07) is 28.1. The predicted octanol–water partition coefficient (Wildman–Crippen LogP) is 8.38. The van der Waals surface area contributed by atoms with Gasteiger partial charge in [-0.2, -0.15) is 0 Å². The van der Waals surface area contributed by atoms with Crippen LogP contribution in [0.5, 0.6) is 11.5 Å². The van der Waals surface area contributed by atoms with Crippen LogP contribution >= 0.6 is 0 Å². The van der Waals surface area contributed by atoms with Gasteiger partial charge >= 0.3 is 0 Å². The number of nitrogens with one attached hydrogen (secondary N) is 1. The Kier molecular flexibility index (Phi) is 6.85. The first-order valence-corrected chi connectivity index (χ1v) is 12.7. The van der Waals surface area contributed by atoms with Gasteiger partial charge in [-0.05, 0) is 75.7 Å². The minimum Gasteiger partial charge on any atom is -0.497 e. The fourth-order valence-electron chi connectivity index (χ4n) is 5.26. The molecule has 0 aliphatic heterocycles. The van der Waals surface area contributed by atoms with Crippen LogP contribution in [0.15, 0.2) is 78.9 Å². The van der Waals surface area contributed by atoms with E-state index in [9.17, 15) is 0 Å². The van der Waals surface area contributed by atoms with E-state index in [4.69, 9.17) is 14.9 Å². The van der Waals surface area contributed by atoms with Crippen molar-refractivity contribution in [2.75, 3.05) is 13.7 Å². The van der Waals surface area contributed by atoms with E-state index in [1.54, 1.807) is 7.11 Å². The maximum absolute atomic E-state index is 8.13. The standard InChI is InChI=1S/C32H33NO2/c1-3-4-5-9-24(33)19-20-35-25-14-11-23(12-15-25)31-30-21-26(34-2)16-18-28(30)29-17-13-22-8-6-7-10-27(22)32(29)31/h6-8,10-18,21,31,33H,3-5,9,19-20H2,1-2H3. The lowest BCUT2D eigenvalue weighted by Crippen LogP contribution is -2.06. The van der Waals surface area contributed by atoms with Crippen molar-refractivity contribution in [2.24, 2.45) is 0 Å². The van der Waals surface area contributed by atoms with Crippen molar-refractivity contribution < 1.29 is 9.47 Å². The van der Waals surface area contributed by atoms with Crippen LogP contribution in [0.25, 0.3) is 21.9 Å². The van der Waals surface area contributed by atoms with Crippen LogP contribution in [0.4, 0.5) is 0 Å². The topological polar surface area (TPSA) is 42.3 Å². The van der Waals surface area contributed by atoms with Crippen molar-refractivity contribution >= 4 is 16.5 Å². The lowest BCUT2D eigenvalue weighted by Gasteiger charge is -2.17. The van der Waals surface area contributed by atoms with Crippen LogP contribution in [-0.2, 0) is 0 Å². The largest absolute Gasteiger partial charge is 0.497 e. The molecule has 4 aromatic rings. The molecule has 1 N–H and O–H groups in total. The molecule has 0 saturated heterocycles. The number of methoxy groups -OCH3 is 1. The molecule has 178 valence electrons. The van der Waals surface area contributed by atoms with Gasteiger partial charge in [0.15, 0.2) is 0 Å². The molecule has 3 nitrogen and oxygen atoms in total. The number of unbranched alkanes of at least 4 members (excludes halogenated alkanes) is 2. The highest BCUT2D eigenvalue weighted by atomic mass is 16.5. The average Bonchev–Trinajstić information content (AvgIpc) is 3.23. The van der Waals surface area contributed by atoms with Gasteiger partial charge in [-0.15, -0.1) is 0 Å². The first kappa shape index (κ1) is 23.2. The lowest BCUT2D eigenvalue weighted by atomic mass is 9.86. The Labute approximate surface area is 208 Å². The summed E-state index contributed by atoms with van der Waals surface area (Å²) in [6.07, 6.45) is 5.07. The summed E-state index contributed by atoms with van der Waals surface area (Å²) < 4.78 is 11.6. The molecule has 35 heavy (non-hydrogen) atoms. The maximum Gasteiger partial charge on any atom is 0.119 e. The molecule has 3 heteroatoms. The molecule has 1 unspecified atom stereocenters. The van der Waals surface area contributed by atoms with E-state index in [0.29, 0.717) is 13.0 Å². The molecule has 0 heterocycles. The van der Waals surface area contributed by atoms with Gasteiger partial charge in [-0.1, -0.05) is 74.4 Å². The average molecular weight is 464 g/mol. The summed E-state index contributed by atoms with van der Waals surface area (Å²) in [4.78, 5) is 0. The van der Waals surface area contributed by atoms with E-state index in [0.717, 1.165) is 30.1 Å². The van der Waals surface area contributed by atoms with Gasteiger partial charge in [0, 0.05) is 18.1 Å². The Morgan fingerprint density at radius 3 is 2.40 bits per heavy atom. The predicted molar refractivity (Wildman–Crippen MR) is 145 cm³/mol. The Balaban J connectivity index is 1.42. The maximum atomic E-state index is 8.13. The highest BCUT2D eigenvalue weighted by molar-refractivity contribution is 5.97. The molecular weight excluding hydrogens is 430 g/mol. The monoisotopic (exact) mass is 463 g/mol. The van der Waals surface area contributed by atoms with Crippen molar-refractivity contribution in [2.45, 2.75) is 44.9 Å². The van der Waals surface area contributed by atoms with Gasteiger partial charge in [-0.25, -0.2) is 0 Å². The number of hydrogen-bond acceptors (Lipinski definition) is 3. The van der Waals surface area contributed by atoms with Crippen LogP contribution in [0.3, 0.4) is 0 Å². The van der Waals surface area contributed by atoms with E-state index in [1.165, 1.54) is 51.4 Å². The molecule has 0 aromatic heterocycles. The highest BCUT2D eigenvalue weighted by Crippen LogP contribution is 2.51. The van der Waals surface area contributed by atoms with Crippen molar-refractivity contribution in [1.82, 2.24) is 0 Å². The molecule has 0 amide bonds. The Morgan fingerprint density at radius 2 is 1.60 bits per heavy atom. The van der Waals surface area contributed by atoms with E-state index < -0.39 is 0 Å². The molecular formula is C32H33NO2. The van der Waals surface area contributed by atoms with Gasteiger partial charge < -0.3 is 14.9 Å². The third kappa shape index (κ3) is 4.68. The van der Waals surface area contributed by atoms with Gasteiger partial charge in [0.25, 0.3) is 0 Å². The zero-order valence-electron chi connectivity index (χ0n) is 20.6. The second kappa shape index (κ2) is 10.4.